The molecule has 0 aliphatic carbocycles. The maximum Gasteiger partial charge on any atom is 0.251 e. The number of nitrogen functional groups attached to an aromatic ring is 1. The van der Waals surface area contributed by atoms with Crippen LogP contribution in [0.4, 0.5) is 5.69 Å². The van der Waals surface area contributed by atoms with E-state index < -0.39 is 0 Å². The quantitative estimate of drug-likeness (QED) is 0.789. The van der Waals surface area contributed by atoms with Crippen molar-refractivity contribution >= 4 is 11.6 Å². The number of carbonyl (C=O) groups is 1. The van der Waals surface area contributed by atoms with Gasteiger partial charge in [0.1, 0.15) is 0 Å². The Bertz CT molecular complexity index is 467. The number of benzene rings is 1. The van der Waals surface area contributed by atoms with E-state index >= 15 is 0 Å². The van der Waals surface area contributed by atoms with Crippen molar-refractivity contribution in [2.24, 2.45) is 0 Å². The molecule has 1 heterocycles. The Hall–Kier alpha value is -1.59. The van der Waals surface area contributed by atoms with Crippen LogP contribution in [0.15, 0.2) is 18.2 Å². The lowest BCUT2D eigenvalue weighted by atomic mass is 10.1. The highest BCUT2D eigenvalue weighted by Crippen LogP contribution is 2.12. The fourth-order valence-corrected chi connectivity index (χ4v) is 2.32. The van der Waals surface area contributed by atoms with Gasteiger partial charge in [-0.15, -0.1) is 0 Å². The Balaban J connectivity index is 1.76. The van der Waals surface area contributed by atoms with Crippen molar-refractivity contribution in [1.29, 1.82) is 0 Å². The molecule has 2 rings (SSSR count). The SMILES string of the molecule is Cc1cc(C(=O)NCCN2CCN(C)CC2)ccc1N. The molecule has 20 heavy (non-hydrogen) atoms. The fraction of sp³-hybridized carbons (Fsp3) is 0.533. The second-order valence-corrected chi connectivity index (χ2v) is 5.47. The van der Waals surface area contributed by atoms with E-state index in [-0.39, 0.29) is 5.91 Å². The number of hydrogen-bond donors (Lipinski definition) is 2. The third-order valence-electron chi connectivity index (χ3n) is 3.84. The Labute approximate surface area is 120 Å². The van der Waals surface area contributed by atoms with Crippen LogP contribution in [-0.4, -0.2) is 62.0 Å². The molecular formula is C15H24N4O. The van der Waals surface area contributed by atoms with Gasteiger partial charge in [-0.2, -0.15) is 0 Å². The largest absolute Gasteiger partial charge is 0.399 e. The summed E-state index contributed by atoms with van der Waals surface area (Å²) in [6.45, 7) is 7.87. The van der Waals surface area contributed by atoms with Crippen molar-refractivity contribution in [2.75, 3.05) is 52.0 Å². The monoisotopic (exact) mass is 276 g/mol. The van der Waals surface area contributed by atoms with Crippen LogP contribution in [0.3, 0.4) is 0 Å². The van der Waals surface area contributed by atoms with Crippen LogP contribution < -0.4 is 11.1 Å². The topological polar surface area (TPSA) is 61.6 Å². The fourth-order valence-electron chi connectivity index (χ4n) is 2.32. The molecule has 1 aromatic rings. The van der Waals surface area contributed by atoms with E-state index in [0.29, 0.717) is 12.1 Å². The molecule has 0 radical (unpaired) electrons. The van der Waals surface area contributed by atoms with Crippen LogP contribution in [-0.2, 0) is 0 Å². The summed E-state index contributed by atoms with van der Waals surface area (Å²) in [5.74, 6) is -0.0257. The molecule has 1 amide bonds. The van der Waals surface area contributed by atoms with Crippen molar-refractivity contribution in [1.82, 2.24) is 15.1 Å². The first-order chi connectivity index (χ1) is 9.56. The predicted octanol–water partition coefficient (Wildman–Crippen LogP) is 0.554. The molecule has 1 aliphatic heterocycles. The summed E-state index contributed by atoms with van der Waals surface area (Å²) in [5, 5.41) is 2.97. The number of nitrogens with two attached hydrogens (primary N) is 1. The number of amides is 1. The summed E-state index contributed by atoms with van der Waals surface area (Å²) >= 11 is 0. The third kappa shape index (κ3) is 3.95. The van der Waals surface area contributed by atoms with Gasteiger partial charge in [-0.25, -0.2) is 0 Å². The van der Waals surface area contributed by atoms with Gasteiger partial charge < -0.3 is 16.0 Å². The summed E-state index contributed by atoms with van der Waals surface area (Å²) in [5.41, 5.74) is 8.09. The standard InChI is InChI=1S/C15H24N4O/c1-12-11-13(3-4-14(12)16)15(20)17-5-6-19-9-7-18(2)8-10-19/h3-4,11H,5-10,16H2,1-2H3,(H,17,20). The number of piperazine rings is 1. The summed E-state index contributed by atoms with van der Waals surface area (Å²) < 4.78 is 0. The van der Waals surface area contributed by atoms with Crippen molar-refractivity contribution in [3.8, 4) is 0 Å². The lowest BCUT2D eigenvalue weighted by molar-refractivity contribution is 0.0941. The van der Waals surface area contributed by atoms with Gasteiger partial charge in [0.25, 0.3) is 5.91 Å². The van der Waals surface area contributed by atoms with E-state index in [9.17, 15) is 4.79 Å². The molecule has 0 saturated carbocycles. The molecule has 1 fully saturated rings. The highest BCUT2D eigenvalue weighted by molar-refractivity contribution is 5.94. The molecule has 3 N–H and O–H groups in total. The van der Waals surface area contributed by atoms with Crippen molar-refractivity contribution in [3.63, 3.8) is 0 Å². The van der Waals surface area contributed by atoms with Gasteiger partial charge in [0.15, 0.2) is 0 Å². The van der Waals surface area contributed by atoms with Crippen LogP contribution in [0.2, 0.25) is 0 Å². The number of nitrogens with zero attached hydrogens (tertiary/aromatic N) is 2. The molecule has 0 spiro atoms. The van der Waals surface area contributed by atoms with Crippen LogP contribution >= 0.6 is 0 Å². The van der Waals surface area contributed by atoms with Gasteiger partial charge in [0.05, 0.1) is 0 Å². The Morgan fingerprint density at radius 1 is 1.30 bits per heavy atom. The average Bonchev–Trinajstić information content (AvgIpc) is 2.44. The van der Waals surface area contributed by atoms with E-state index in [1.165, 1.54) is 0 Å². The number of nitrogens with one attached hydrogen (secondary N) is 1. The molecule has 5 nitrogen and oxygen atoms in total. The number of rotatable bonds is 4. The molecule has 110 valence electrons. The lowest BCUT2D eigenvalue weighted by Crippen LogP contribution is -2.46. The van der Waals surface area contributed by atoms with Crippen LogP contribution in [0.25, 0.3) is 0 Å². The number of anilines is 1. The van der Waals surface area contributed by atoms with Crippen molar-refractivity contribution in [2.45, 2.75) is 6.92 Å². The van der Waals surface area contributed by atoms with Gasteiger partial charge in [-0.1, -0.05) is 0 Å². The molecule has 1 aliphatic rings. The van der Waals surface area contributed by atoms with E-state index in [1.807, 2.05) is 13.0 Å². The molecule has 0 aromatic heterocycles. The maximum atomic E-state index is 12.0. The normalized spacial score (nSPS) is 17.1. The predicted molar refractivity (Wildman–Crippen MR) is 81.9 cm³/mol. The first-order valence-electron chi connectivity index (χ1n) is 7.11. The van der Waals surface area contributed by atoms with E-state index in [1.54, 1.807) is 12.1 Å². The van der Waals surface area contributed by atoms with Crippen LogP contribution in [0.1, 0.15) is 15.9 Å². The summed E-state index contributed by atoms with van der Waals surface area (Å²) in [7, 11) is 2.14. The summed E-state index contributed by atoms with van der Waals surface area (Å²) in [6.07, 6.45) is 0. The third-order valence-corrected chi connectivity index (χ3v) is 3.84. The Morgan fingerprint density at radius 3 is 2.65 bits per heavy atom. The zero-order chi connectivity index (χ0) is 14.5. The molecule has 0 atom stereocenters. The Kier molecular flexibility index (Phi) is 4.98. The molecule has 1 aromatic carbocycles. The van der Waals surface area contributed by atoms with E-state index in [0.717, 1.165) is 44.0 Å². The molecular weight excluding hydrogens is 252 g/mol. The van der Waals surface area contributed by atoms with Crippen molar-refractivity contribution < 1.29 is 4.79 Å². The van der Waals surface area contributed by atoms with Gasteiger partial charge in [0.2, 0.25) is 0 Å². The lowest BCUT2D eigenvalue weighted by Gasteiger charge is -2.32. The molecule has 0 bridgehead atoms. The zero-order valence-corrected chi connectivity index (χ0v) is 12.4. The highest BCUT2D eigenvalue weighted by Gasteiger charge is 2.13. The minimum atomic E-state index is -0.0257. The first-order valence-corrected chi connectivity index (χ1v) is 7.11. The second kappa shape index (κ2) is 6.72. The zero-order valence-electron chi connectivity index (χ0n) is 12.4. The minimum absolute atomic E-state index is 0.0257. The first kappa shape index (κ1) is 14.8. The average molecular weight is 276 g/mol. The van der Waals surface area contributed by atoms with Gasteiger partial charge >= 0.3 is 0 Å². The van der Waals surface area contributed by atoms with Gasteiger partial charge in [-0.05, 0) is 37.7 Å². The number of carbonyl (C=O) groups excluding carboxylic acids is 1. The summed E-state index contributed by atoms with van der Waals surface area (Å²) in [4.78, 5) is 16.7. The summed E-state index contributed by atoms with van der Waals surface area (Å²) in [6, 6.07) is 5.39. The Morgan fingerprint density at radius 2 is 2.00 bits per heavy atom. The highest BCUT2D eigenvalue weighted by atomic mass is 16.1. The number of aryl methyl sites for hydroxylation is 1. The maximum absolute atomic E-state index is 12.0. The van der Waals surface area contributed by atoms with Crippen LogP contribution in [0, 0.1) is 6.92 Å². The van der Waals surface area contributed by atoms with E-state index in [2.05, 4.69) is 22.2 Å². The van der Waals surface area contributed by atoms with E-state index in [4.69, 9.17) is 5.73 Å². The number of hydrogen-bond acceptors (Lipinski definition) is 4. The van der Waals surface area contributed by atoms with Crippen molar-refractivity contribution in [3.05, 3.63) is 29.3 Å². The molecule has 0 unspecified atom stereocenters. The van der Waals surface area contributed by atoms with Gasteiger partial charge in [-0.3, -0.25) is 9.69 Å². The van der Waals surface area contributed by atoms with Gasteiger partial charge in [0, 0.05) is 50.5 Å². The van der Waals surface area contributed by atoms with Crippen LogP contribution in [0.5, 0.6) is 0 Å². The smallest absolute Gasteiger partial charge is 0.251 e. The molecule has 5 heteroatoms. The number of likely N-dealkylation sites (N-methyl/N-ethyl adjacent to an activating group) is 1. The second-order valence-electron chi connectivity index (χ2n) is 5.47. The molecule has 1 saturated heterocycles. The minimum Gasteiger partial charge on any atom is -0.399 e.